The van der Waals surface area contributed by atoms with Crippen molar-refractivity contribution in [3.63, 3.8) is 0 Å². The highest BCUT2D eigenvalue weighted by molar-refractivity contribution is 5.72. The minimum absolute atomic E-state index is 0.0779. The van der Waals surface area contributed by atoms with Crippen LogP contribution in [-0.4, -0.2) is 52.2 Å². The smallest absolute Gasteiger partial charge is 0.313 e. The number of halogens is 5. The maximum absolute atomic E-state index is 13.4. The summed E-state index contributed by atoms with van der Waals surface area (Å²) < 4.78 is 85.0. The van der Waals surface area contributed by atoms with Crippen molar-refractivity contribution in [2.45, 2.75) is 6.42 Å². The van der Waals surface area contributed by atoms with Crippen LogP contribution in [0.4, 0.5) is 22.0 Å². The number of hydrogen-bond acceptors (Lipinski definition) is 6. The van der Waals surface area contributed by atoms with Gasteiger partial charge in [0, 0.05) is 11.5 Å². The zero-order chi connectivity index (χ0) is 20.9. The highest BCUT2D eigenvalue weighted by atomic mass is 19.2. The molecule has 0 N–H and O–H groups in total. The van der Waals surface area contributed by atoms with E-state index in [-0.39, 0.29) is 46.2 Å². The molecule has 1 aromatic carbocycles. The van der Waals surface area contributed by atoms with Gasteiger partial charge in [0.25, 0.3) is 0 Å². The number of carbonyl (C=O) groups is 1. The van der Waals surface area contributed by atoms with Crippen molar-refractivity contribution in [3.8, 4) is 5.75 Å². The van der Waals surface area contributed by atoms with Gasteiger partial charge < -0.3 is 18.9 Å². The van der Waals surface area contributed by atoms with Gasteiger partial charge in [-0.1, -0.05) is 5.11 Å². The molecule has 0 saturated heterocycles. The monoisotopic (exact) mass is 413 g/mol. The molecule has 0 aliphatic rings. The summed E-state index contributed by atoms with van der Waals surface area (Å²) >= 11 is 0. The average molecular weight is 413 g/mol. The Morgan fingerprint density at radius 2 is 1.25 bits per heavy atom. The number of carbonyl (C=O) groups excluding carboxylic acids is 1. The van der Waals surface area contributed by atoms with Crippen LogP contribution < -0.4 is 4.74 Å². The van der Waals surface area contributed by atoms with Crippen molar-refractivity contribution < 1.29 is 45.7 Å². The van der Waals surface area contributed by atoms with Gasteiger partial charge in [-0.2, -0.15) is 8.78 Å². The van der Waals surface area contributed by atoms with Gasteiger partial charge in [-0.25, -0.2) is 13.2 Å². The molecular formula is C15H16F5N3O5. The molecule has 0 unspecified atom stereocenters. The molecule has 0 bridgehead atoms. The maximum atomic E-state index is 13.4. The fourth-order valence-electron chi connectivity index (χ4n) is 1.69. The molecule has 0 fully saturated rings. The molecule has 0 radical (unpaired) electrons. The van der Waals surface area contributed by atoms with E-state index in [0.29, 0.717) is 0 Å². The van der Waals surface area contributed by atoms with Crippen LogP contribution in [0.5, 0.6) is 5.75 Å². The number of benzene rings is 1. The molecule has 8 nitrogen and oxygen atoms in total. The molecule has 1 aromatic rings. The molecule has 0 aliphatic heterocycles. The minimum atomic E-state index is -2.35. The first-order chi connectivity index (χ1) is 13.4. The van der Waals surface area contributed by atoms with Crippen LogP contribution in [0, 0.1) is 29.1 Å². The van der Waals surface area contributed by atoms with Crippen LogP contribution in [-0.2, 0) is 19.0 Å². The largest absolute Gasteiger partial charge is 0.420 e. The fraction of sp³-hybridized carbons (Fsp3) is 0.533. The highest BCUT2D eigenvalue weighted by Crippen LogP contribution is 2.29. The molecule has 0 saturated carbocycles. The van der Waals surface area contributed by atoms with Crippen molar-refractivity contribution in [2.24, 2.45) is 5.11 Å². The van der Waals surface area contributed by atoms with E-state index in [4.69, 9.17) is 19.7 Å². The first kappa shape index (κ1) is 23.6. The molecule has 0 amide bonds. The van der Waals surface area contributed by atoms with E-state index in [0.717, 1.165) is 0 Å². The van der Waals surface area contributed by atoms with E-state index >= 15 is 0 Å². The zero-order valence-corrected chi connectivity index (χ0v) is 14.4. The lowest BCUT2D eigenvalue weighted by Gasteiger charge is -2.09. The van der Waals surface area contributed by atoms with Gasteiger partial charge in [0.15, 0.2) is 0 Å². The topological polar surface area (TPSA) is 103 Å². The van der Waals surface area contributed by atoms with E-state index in [2.05, 4.69) is 14.8 Å². The van der Waals surface area contributed by atoms with Gasteiger partial charge in [-0.05, 0) is 5.53 Å². The van der Waals surface area contributed by atoms with Crippen molar-refractivity contribution in [3.05, 3.63) is 39.5 Å². The van der Waals surface area contributed by atoms with Crippen molar-refractivity contribution in [2.75, 3.05) is 46.2 Å². The summed E-state index contributed by atoms with van der Waals surface area (Å²) in [6.45, 7) is 1.01. The lowest BCUT2D eigenvalue weighted by atomic mass is 10.2. The molecule has 0 heterocycles. The van der Waals surface area contributed by atoms with Crippen LogP contribution in [0.1, 0.15) is 6.42 Å². The second kappa shape index (κ2) is 12.8. The van der Waals surface area contributed by atoms with Gasteiger partial charge in [0.05, 0.1) is 46.1 Å². The first-order valence-electron chi connectivity index (χ1n) is 7.86. The molecule has 0 atom stereocenters. The molecular weight excluding hydrogens is 397 g/mol. The first-order valence-corrected chi connectivity index (χ1v) is 7.86. The van der Waals surface area contributed by atoms with Crippen LogP contribution in [0.25, 0.3) is 10.4 Å². The maximum Gasteiger partial charge on any atom is 0.313 e. The summed E-state index contributed by atoms with van der Waals surface area (Å²) in [6, 6.07) is 0. The van der Waals surface area contributed by atoms with Gasteiger partial charge in [0.2, 0.25) is 34.8 Å². The second-order valence-electron chi connectivity index (χ2n) is 4.91. The quantitative estimate of drug-likeness (QED) is 0.0569. The number of ether oxygens (including phenoxy) is 4. The number of esters is 1. The van der Waals surface area contributed by atoms with E-state index in [1.165, 1.54) is 0 Å². The fourth-order valence-corrected chi connectivity index (χ4v) is 1.69. The third-order valence-corrected chi connectivity index (χ3v) is 2.98. The van der Waals surface area contributed by atoms with E-state index < -0.39 is 47.2 Å². The molecule has 0 aliphatic carbocycles. The van der Waals surface area contributed by atoms with Crippen LogP contribution in [0.3, 0.4) is 0 Å². The molecule has 28 heavy (non-hydrogen) atoms. The molecule has 0 aromatic heterocycles. The number of hydrogen-bond donors (Lipinski definition) is 0. The Hall–Kier alpha value is -2.47. The van der Waals surface area contributed by atoms with Gasteiger partial charge in [-0.3, -0.25) is 4.79 Å². The SMILES string of the molecule is [N-]=[N+]=NCCOCCOCCOCCC(=O)Oc1c(F)c(F)c(F)c(F)c1F. The average Bonchev–Trinajstić information content (AvgIpc) is 2.69. The minimum Gasteiger partial charge on any atom is -0.420 e. The Bertz CT molecular complexity index is 687. The molecule has 0 spiro atoms. The van der Waals surface area contributed by atoms with Gasteiger partial charge in [-0.15, -0.1) is 0 Å². The summed E-state index contributed by atoms with van der Waals surface area (Å²) in [6.07, 6.45) is -0.484. The lowest BCUT2D eigenvalue weighted by molar-refractivity contribution is -0.136. The van der Waals surface area contributed by atoms with Crippen molar-refractivity contribution in [1.29, 1.82) is 0 Å². The third-order valence-electron chi connectivity index (χ3n) is 2.98. The number of nitrogens with zero attached hydrogens (tertiary/aromatic N) is 3. The molecule has 1 rings (SSSR count). The van der Waals surface area contributed by atoms with Crippen molar-refractivity contribution >= 4 is 5.97 Å². The lowest BCUT2D eigenvalue weighted by Crippen LogP contribution is -2.16. The van der Waals surface area contributed by atoms with Crippen molar-refractivity contribution in [1.82, 2.24) is 0 Å². The second-order valence-corrected chi connectivity index (χ2v) is 4.91. The summed E-state index contributed by atoms with van der Waals surface area (Å²) in [5.74, 6) is -14.1. The van der Waals surface area contributed by atoms with Gasteiger partial charge in [0.1, 0.15) is 0 Å². The molecule has 13 heteroatoms. The Morgan fingerprint density at radius 3 is 1.79 bits per heavy atom. The van der Waals surface area contributed by atoms with E-state index in [1.807, 2.05) is 0 Å². The number of azide groups is 1. The van der Waals surface area contributed by atoms with Crippen LogP contribution in [0.15, 0.2) is 5.11 Å². The predicted octanol–water partition coefficient (Wildman–Crippen LogP) is 3.04. The summed E-state index contributed by atoms with van der Waals surface area (Å²) in [5, 5.41) is 3.26. The highest BCUT2D eigenvalue weighted by Gasteiger charge is 2.28. The van der Waals surface area contributed by atoms with Gasteiger partial charge >= 0.3 is 5.97 Å². The third kappa shape index (κ3) is 7.64. The molecule has 156 valence electrons. The Labute approximate surface area is 155 Å². The summed E-state index contributed by atoms with van der Waals surface area (Å²) in [7, 11) is 0. The standard InChI is InChI=1S/C15H16F5N3O5/c16-10-11(17)13(19)15(14(20)12(10)18)28-9(24)1-3-25-5-7-27-8-6-26-4-2-22-23-21/h1-8H2. The number of rotatable bonds is 13. The van der Waals surface area contributed by atoms with E-state index in [9.17, 15) is 26.7 Å². The predicted molar refractivity (Wildman–Crippen MR) is 83.0 cm³/mol. The Morgan fingerprint density at radius 1 is 0.786 bits per heavy atom. The summed E-state index contributed by atoms with van der Waals surface area (Å²) in [5.41, 5.74) is 8.03. The van der Waals surface area contributed by atoms with E-state index in [1.54, 1.807) is 0 Å². The summed E-state index contributed by atoms with van der Waals surface area (Å²) in [4.78, 5) is 14.0. The Kier molecular flexibility index (Phi) is 10.8. The van der Waals surface area contributed by atoms with Crippen LogP contribution >= 0.6 is 0 Å². The Balaban J connectivity index is 2.19. The normalized spacial score (nSPS) is 10.6. The van der Waals surface area contributed by atoms with Crippen LogP contribution in [0.2, 0.25) is 0 Å². The zero-order valence-electron chi connectivity index (χ0n) is 14.4.